The van der Waals surface area contributed by atoms with E-state index in [1.807, 2.05) is 18.2 Å². The number of H-pyrrole nitrogens is 1. The smallest absolute Gasteiger partial charge is 0.401 e. The number of alkyl halides is 3. The van der Waals surface area contributed by atoms with E-state index in [2.05, 4.69) is 15.3 Å². The Balaban J connectivity index is 1.13. The van der Waals surface area contributed by atoms with Crippen molar-refractivity contribution < 1.29 is 22.7 Å². The van der Waals surface area contributed by atoms with E-state index in [1.165, 1.54) is 17.5 Å². The number of carbonyl (C=O) groups is 1. The number of benzene rings is 1. The number of hydrogen-bond acceptors (Lipinski definition) is 5. The Labute approximate surface area is 193 Å². The predicted molar refractivity (Wildman–Crippen MR) is 121 cm³/mol. The molecule has 2 fully saturated rings. The molecule has 2 N–H and O–H groups in total. The second kappa shape index (κ2) is 8.98. The predicted octanol–water partition coefficient (Wildman–Crippen LogP) is 5.17. The zero-order valence-corrected chi connectivity index (χ0v) is 18.7. The third-order valence-electron chi connectivity index (χ3n) is 6.68. The lowest BCUT2D eigenvalue weighted by Gasteiger charge is -2.20. The molecule has 1 aliphatic carbocycles. The molecule has 3 atom stereocenters. The zero-order chi connectivity index (χ0) is 23.0. The first-order valence-electron chi connectivity index (χ1n) is 11.1. The number of amides is 1. The molecule has 33 heavy (non-hydrogen) atoms. The molecule has 2 aliphatic rings. The summed E-state index contributed by atoms with van der Waals surface area (Å²) in [5.41, 5.74) is 3.20. The maximum Gasteiger partial charge on any atom is 0.401 e. The van der Waals surface area contributed by atoms with Crippen molar-refractivity contribution >= 4 is 33.8 Å². The van der Waals surface area contributed by atoms with Crippen molar-refractivity contribution in [1.82, 2.24) is 14.9 Å². The van der Waals surface area contributed by atoms with Crippen LogP contribution in [0.5, 0.6) is 5.75 Å². The molecular weight excluding hydrogens is 453 g/mol. The number of carbonyl (C=O) groups excluding carboxylic acids is 1. The highest BCUT2D eigenvalue weighted by Gasteiger charge is 2.43. The molecule has 10 heteroatoms. The molecule has 1 aliphatic heterocycles. The number of ether oxygens (including phenoxy) is 1. The Bertz CT molecular complexity index is 1100. The summed E-state index contributed by atoms with van der Waals surface area (Å²) in [6.45, 7) is 0.889. The van der Waals surface area contributed by atoms with Crippen molar-refractivity contribution in [3.63, 3.8) is 0 Å². The number of aromatic nitrogens is 2. The van der Waals surface area contributed by atoms with Gasteiger partial charge in [0.05, 0.1) is 30.5 Å². The second-order valence-corrected chi connectivity index (χ2v) is 9.92. The lowest BCUT2D eigenvalue weighted by Crippen LogP contribution is -2.33. The van der Waals surface area contributed by atoms with E-state index < -0.39 is 12.7 Å². The first-order valence-corrected chi connectivity index (χ1v) is 11.9. The molecule has 176 valence electrons. The third-order valence-corrected chi connectivity index (χ3v) is 7.45. The van der Waals surface area contributed by atoms with Crippen LogP contribution in [-0.4, -0.2) is 53.2 Å². The van der Waals surface area contributed by atoms with E-state index in [1.54, 1.807) is 16.6 Å². The fourth-order valence-electron chi connectivity index (χ4n) is 5.29. The number of likely N-dealkylation sites (tertiary alicyclic amines) is 1. The van der Waals surface area contributed by atoms with E-state index in [4.69, 9.17) is 4.74 Å². The largest absolute Gasteiger partial charge is 0.494 e. The highest BCUT2D eigenvalue weighted by Crippen LogP contribution is 2.43. The van der Waals surface area contributed by atoms with Gasteiger partial charge in [0.15, 0.2) is 0 Å². The standard InChI is InChI=1S/C23H25F3N4O2S/c24-23(25,26)12-30-10-15-5-14(6-16(15)11-30)3-4-32-17-1-2-19-18(7-17)20(8-28-19)29-22(31)21-9-27-13-33-21/h1-2,7-9,13-16,28H,3-6,10-12H2,(H,29,31)/t14-,15-,16+. The van der Waals surface area contributed by atoms with Crippen molar-refractivity contribution in [2.45, 2.75) is 25.4 Å². The van der Waals surface area contributed by atoms with E-state index >= 15 is 0 Å². The molecule has 0 unspecified atom stereocenters. The van der Waals surface area contributed by atoms with Crippen LogP contribution in [0.4, 0.5) is 18.9 Å². The molecule has 1 saturated carbocycles. The van der Waals surface area contributed by atoms with Crippen LogP contribution in [0.15, 0.2) is 36.1 Å². The van der Waals surface area contributed by atoms with Crippen molar-refractivity contribution in [2.24, 2.45) is 17.8 Å². The Morgan fingerprint density at radius 2 is 2.06 bits per heavy atom. The van der Waals surface area contributed by atoms with Gasteiger partial charge >= 0.3 is 6.18 Å². The highest BCUT2D eigenvalue weighted by atomic mass is 32.1. The van der Waals surface area contributed by atoms with Gasteiger partial charge < -0.3 is 15.0 Å². The Hall–Kier alpha value is -2.59. The van der Waals surface area contributed by atoms with Gasteiger partial charge in [0, 0.05) is 30.2 Å². The quantitative estimate of drug-likeness (QED) is 0.492. The molecule has 1 amide bonds. The number of nitrogens with one attached hydrogen (secondary N) is 2. The molecule has 6 nitrogen and oxygen atoms in total. The van der Waals surface area contributed by atoms with Crippen LogP contribution < -0.4 is 10.1 Å². The summed E-state index contributed by atoms with van der Waals surface area (Å²) in [4.78, 5) is 21.5. The minimum absolute atomic E-state index is 0.203. The summed E-state index contributed by atoms with van der Waals surface area (Å²) < 4.78 is 43.9. The van der Waals surface area contributed by atoms with Crippen LogP contribution in [0, 0.1) is 17.8 Å². The first kappa shape index (κ1) is 22.2. The summed E-state index contributed by atoms with van der Waals surface area (Å²) in [6, 6.07) is 5.72. The number of hydrogen-bond donors (Lipinski definition) is 2. The molecule has 0 spiro atoms. The highest BCUT2D eigenvalue weighted by molar-refractivity contribution is 7.11. The van der Waals surface area contributed by atoms with Crippen molar-refractivity contribution in [1.29, 1.82) is 0 Å². The summed E-state index contributed by atoms with van der Waals surface area (Å²) in [5.74, 6) is 1.77. The molecule has 1 aromatic carbocycles. The van der Waals surface area contributed by atoms with Crippen LogP contribution in [0.3, 0.4) is 0 Å². The minimum atomic E-state index is -4.11. The second-order valence-electron chi connectivity index (χ2n) is 9.03. The first-order chi connectivity index (χ1) is 15.8. The van der Waals surface area contributed by atoms with Gasteiger partial charge in [0.1, 0.15) is 10.6 Å². The summed E-state index contributed by atoms with van der Waals surface area (Å²) in [7, 11) is 0. The average Bonchev–Trinajstić information content (AvgIpc) is 3.51. The van der Waals surface area contributed by atoms with Gasteiger partial charge in [0.25, 0.3) is 5.91 Å². The van der Waals surface area contributed by atoms with E-state index in [0.29, 0.717) is 48.0 Å². The lowest BCUT2D eigenvalue weighted by atomic mass is 10.0. The zero-order valence-electron chi connectivity index (χ0n) is 17.9. The normalized spacial score (nSPS) is 23.2. The van der Waals surface area contributed by atoms with Crippen LogP contribution in [0.25, 0.3) is 10.9 Å². The van der Waals surface area contributed by atoms with Crippen molar-refractivity contribution in [2.75, 3.05) is 31.6 Å². The fourth-order valence-corrected chi connectivity index (χ4v) is 5.80. The molecule has 5 rings (SSSR count). The van der Waals surface area contributed by atoms with Crippen LogP contribution >= 0.6 is 11.3 Å². The third kappa shape index (κ3) is 5.16. The topological polar surface area (TPSA) is 70.2 Å². The molecule has 0 bridgehead atoms. The Kier molecular flexibility index (Phi) is 6.05. The SMILES string of the molecule is O=C(Nc1c[nH]c2ccc(OCC[C@@H]3C[C@@H]4CN(CC(F)(F)F)C[C@@H]4C3)cc12)c1cncs1. The number of rotatable bonds is 7. The molecule has 0 radical (unpaired) electrons. The fraction of sp³-hybridized carbons (Fsp3) is 0.478. The van der Waals surface area contributed by atoms with E-state index in [0.717, 1.165) is 35.9 Å². The van der Waals surface area contributed by atoms with Gasteiger partial charge in [-0.3, -0.25) is 14.7 Å². The number of thiazole rings is 1. The van der Waals surface area contributed by atoms with Gasteiger partial charge in [-0.25, -0.2) is 0 Å². The Morgan fingerprint density at radius 3 is 2.76 bits per heavy atom. The maximum atomic E-state index is 12.6. The van der Waals surface area contributed by atoms with Crippen molar-refractivity contribution in [3.05, 3.63) is 41.0 Å². The van der Waals surface area contributed by atoms with Gasteiger partial charge in [0.2, 0.25) is 0 Å². The van der Waals surface area contributed by atoms with Crippen LogP contribution in [-0.2, 0) is 0 Å². The van der Waals surface area contributed by atoms with Gasteiger partial charge in [-0.1, -0.05) is 0 Å². The summed E-state index contributed by atoms with van der Waals surface area (Å²) in [6.07, 6.45) is 2.03. The monoisotopic (exact) mass is 478 g/mol. The van der Waals surface area contributed by atoms with Crippen LogP contribution in [0.1, 0.15) is 28.9 Å². The number of fused-ring (bicyclic) bond motifs is 2. The number of nitrogens with zero attached hydrogens (tertiary/aromatic N) is 2. The summed E-state index contributed by atoms with van der Waals surface area (Å²) >= 11 is 1.28. The number of anilines is 1. The van der Waals surface area contributed by atoms with Crippen molar-refractivity contribution in [3.8, 4) is 5.75 Å². The molecule has 3 heterocycles. The van der Waals surface area contributed by atoms with Gasteiger partial charge in [-0.2, -0.15) is 13.2 Å². The minimum Gasteiger partial charge on any atom is -0.494 e. The van der Waals surface area contributed by atoms with Crippen LogP contribution in [0.2, 0.25) is 0 Å². The number of aromatic amines is 1. The molecule has 1 saturated heterocycles. The van der Waals surface area contributed by atoms with E-state index in [-0.39, 0.29) is 5.91 Å². The molecular formula is C23H25F3N4O2S. The Morgan fingerprint density at radius 1 is 1.27 bits per heavy atom. The van der Waals surface area contributed by atoms with Gasteiger partial charge in [-0.15, -0.1) is 11.3 Å². The average molecular weight is 479 g/mol. The van der Waals surface area contributed by atoms with Gasteiger partial charge in [-0.05, 0) is 55.2 Å². The molecule has 3 aromatic rings. The molecule has 2 aromatic heterocycles. The maximum absolute atomic E-state index is 12.6. The van der Waals surface area contributed by atoms with E-state index in [9.17, 15) is 18.0 Å². The summed E-state index contributed by atoms with van der Waals surface area (Å²) in [5, 5.41) is 3.77. The lowest BCUT2D eigenvalue weighted by molar-refractivity contribution is -0.144. The number of halogens is 3.